The fourth-order valence-corrected chi connectivity index (χ4v) is 3.68. The second-order valence-electron chi connectivity index (χ2n) is 8.76. The predicted octanol–water partition coefficient (Wildman–Crippen LogP) is 6.00. The average molecular weight is 276 g/mol. The molecule has 0 N–H and O–H groups in total. The molecule has 0 amide bonds. The van der Waals surface area contributed by atoms with Crippen LogP contribution < -0.4 is 4.74 Å². The minimum atomic E-state index is -0.150. The van der Waals surface area contributed by atoms with E-state index in [4.69, 9.17) is 4.74 Å². The maximum Gasteiger partial charge on any atom is 0.120 e. The molecule has 0 fully saturated rings. The molecule has 114 valence electrons. The van der Waals surface area contributed by atoms with Crippen LogP contribution in [-0.2, 0) is 0 Å². The van der Waals surface area contributed by atoms with Gasteiger partial charge < -0.3 is 4.74 Å². The molecule has 1 rings (SSSR count). The van der Waals surface area contributed by atoms with Gasteiger partial charge in [-0.2, -0.15) is 0 Å². The minimum absolute atomic E-state index is 0.150. The van der Waals surface area contributed by atoms with Crippen LogP contribution in [0.15, 0.2) is 24.3 Å². The van der Waals surface area contributed by atoms with Crippen molar-refractivity contribution < 1.29 is 4.74 Å². The third-order valence-corrected chi connectivity index (χ3v) is 3.30. The quantitative estimate of drug-likeness (QED) is 0.640. The first-order valence-electron chi connectivity index (χ1n) is 7.64. The lowest BCUT2D eigenvalue weighted by atomic mass is 9.71. The van der Waals surface area contributed by atoms with Crippen molar-refractivity contribution in [2.75, 3.05) is 0 Å². The molecule has 1 aromatic rings. The fourth-order valence-electron chi connectivity index (χ4n) is 3.68. The van der Waals surface area contributed by atoms with E-state index >= 15 is 0 Å². The summed E-state index contributed by atoms with van der Waals surface area (Å²) >= 11 is 0. The zero-order valence-electron chi connectivity index (χ0n) is 14.6. The van der Waals surface area contributed by atoms with Gasteiger partial charge in [-0.25, -0.2) is 0 Å². The Balaban J connectivity index is 2.74. The zero-order valence-corrected chi connectivity index (χ0v) is 14.6. The van der Waals surface area contributed by atoms with Gasteiger partial charge in [0.05, 0.1) is 0 Å². The van der Waals surface area contributed by atoms with Gasteiger partial charge in [-0.15, -0.1) is 0 Å². The van der Waals surface area contributed by atoms with Gasteiger partial charge in [0.25, 0.3) is 0 Å². The number of hydrogen-bond donors (Lipinski definition) is 0. The Hall–Kier alpha value is -0.980. The summed E-state index contributed by atoms with van der Waals surface area (Å²) in [4.78, 5) is 0. The molecule has 20 heavy (non-hydrogen) atoms. The van der Waals surface area contributed by atoms with E-state index in [9.17, 15) is 0 Å². The molecule has 0 spiro atoms. The van der Waals surface area contributed by atoms with Crippen LogP contribution in [-0.4, -0.2) is 5.60 Å². The van der Waals surface area contributed by atoms with Crippen molar-refractivity contribution in [3.8, 4) is 5.75 Å². The van der Waals surface area contributed by atoms with Gasteiger partial charge in [-0.3, -0.25) is 0 Å². The van der Waals surface area contributed by atoms with Crippen molar-refractivity contribution in [2.24, 2.45) is 10.8 Å². The van der Waals surface area contributed by atoms with Crippen LogP contribution in [0.5, 0.6) is 5.75 Å². The van der Waals surface area contributed by atoms with Crippen LogP contribution in [0.4, 0.5) is 0 Å². The number of benzene rings is 1. The monoisotopic (exact) mass is 276 g/mol. The van der Waals surface area contributed by atoms with Gasteiger partial charge in [-0.1, -0.05) is 46.8 Å². The van der Waals surface area contributed by atoms with Crippen molar-refractivity contribution >= 4 is 0 Å². The highest BCUT2D eigenvalue weighted by Crippen LogP contribution is 2.40. The highest BCUT2D eigenvalue weighted by molar-refractivity contribution is 5.28. The molecule has 0 bridgehead atoms. The van der Waals surface area contributed by atoms with E-state index < -0.39 is 0 Å². The molecule has 0 aliphatic rings. The summed E-state index contributed by atoms with van der Waals surface area (Å²) in [6, 6.07) is 8.31. The lowest BCUT2D eigenvalue weighted by Gasteiger charge is -2.39. The molecule has 0 radical (unpaired) electrons. The van der Waals surface area contributed by atoms with E-state index in [0.29, 0.717) is 5.41 Å². The molecule has 1 aromatic carbocycles. The molecular formula is C19H32O. The first kappa shape index (κ1) is 17.1. The lowest BCUT2D eigenvalue weighted by molar-refractivity contribution is 0.0405. The van der Waals surface area contributed by atoms with Gasteiger partial charge in [0.2, 0.25) is 0 Å². The Labute approximate surface area is 125 Å². The van der Waals surface area contributed by atoms with Crippen LogP contribution >= 0.6 is 0 Å². The van der Waals surface area contributed by atoms with Gasteiger partial charge >= 0.3 is 0 Å². The lowest BCUT2D eigenvalue weighted by Crippen LogP contribution is -2.36. The standard InChI is InChI=1S/C19H32O/c1-15-10-9-11-16(12-15)20-19(7,8)14-18(5,6)13-17(2,3)4/h9-12H,13-14H2,1-8H3. The third-order valence-electron chi connectivity index (χ3n) is 3.30. The van der Waals surface area contributed by atoms with Crippen LogP contribution in [0.3, 0.4) is 0 Å². The summed E-state index contributed by atoms with van der Waals surface area (Å²) < 4.78 is 6.23. The summed E-state index contributed by atoms with van der Waals surface area (Å²) in [5.74, 6) is 0.974. The van der Waals surface area contributed by atoms with Crippen molar-refractivity contribution in [3.05, 3.63) is 29.8 Å². The number of rotatable bonds is 5. The molecule has 0 unspecified atom stereocenters. The maximum absolute atomic E-state index is 6.23. The van der Waals surface area contributed by atoms with Gasteiger partial charge in [-0.05, 0) is 62.1 Å². The van der Waals surface area contributed by atoms with Crippen LogP contribution in [0.2, 0.25) is 0 Å². The second kappa shape index (κ2) is 5.79. The summed E-state index contributed by atoms with van der Waals surface area (Å²) in [7, 11) is 0. The summed E-state index contributed by atoms with van der Waals surface area (Å²) in [6.45, 7) is 18.1. The van der Waals surface area contributed by atoms with Crippen molar-refractivity contribution in [2.45, 2.75) is 73.8 Å². The normalized spacial score (nSPS) is 13.4. The molecular weight excluding hydrogens is 244 g/mol. The highest BCUT2D eigenvalue weighted by atomic mass is 16.5. The number of aryl methyl sites for hydroxylation is 1. The summed E-state index contributed by atoms with van der Waals surface area (Å²) in [5, 5.41) is 0. The van der Waals surface area contributed by atoms with E-state index in [2.05, 4.69) is 73.6 Å². The topological polar surface area (TPSA) is 9.23 Å². The molecule has 0 atom stereocenters. The van der Waals surface area contributed by atoms with Crippen molar-refractivity contribution in [1.82, 2.24) is 0 Å². The maximum atomic E-state index is 6.23. The van der Waals surface area contributed by atoms with E-state index in [0.717, 1.165) is 12.2 Å². The number of ether oxygens (including phenoxy) is 1. The second-order valence-corrected chi connectivity index (χ2v) is 8.76. The smallest absolute Gasteiger partial charge is 0.120 e. The highest BCUT2D eigenvalue weighted by Gasteiger charge is 2.33. The van der Waals surface area contributed by atoms with E-state index in [1.54, 1.807) is 0 Å². The first-order valence-corrected chi connectivity index (χ1v) is 7.64. The Morgan fingerprint density at radius 1 is 0.900 bits per heavy atom. The molecule has 0 saturated heterocycles. The van der Waals surface area contributed by atoms with Crippen LogP contribution in [0, 0.1) is 17.8 Å². The molecule has 0 aliphatic carbocycles. The van der Waals surface area contributed by atoms with Crippen LogP contribution in [0.1, 0.15) is 66.9 Å². The molecule has 0 aromatic heterocycles. The number of hydrogen-bond acceptors (Lipinski definition) is 1. The third kappa shape index (κ3) is 6.45. The van der Waals surface area contributed by atoms with Crippen molar-refractivity contribution in [1.29, 1.82) is 0 Å². The zero-order chi connectivity index (χ0) is 15.6. The molecule has 1 heteroatoms. The average Bonchev–Trinajstić information content (AvgIpc) is 2.08. The predicted molar refractivity (Wildman–Crippen MR) is 88.4 cm³/mol. The van der Waals surface area contributed by atoms with Crippen molar-refractivity contribution in [3.63, 3.8) is 0 Å². The minimum Gasteiger partial charge on any atom is -0.488 e. The first-order chi connectivity index (χ1) is 8.89. The Kier molecular flexibility index (Phi) is 4.94. The fraction of sp³-hybridized carbons (Fsp3) is 0.684. The molecule has 0 heterocycles. The Morgan fingerprint density at radius 3 is 2.00 bits per heavy atom. The molecule has 0 saturated carbocycles. The van der Waals surface area contributed by atoms with Crippen LogP contribution in [0.25, 0.3) is 0 Å². The van der Waals surface area contributed by atoms with E-state index in [1.807, 2.05) is 6.07 Å². The molecule has 0 aliphatic heterocycles. The van der Waals surface area contributed by atoms with Gasteiger partial charge in [0, 0.05) is 0 Å². The summed E-state index contributed by atoms with van der Waals surface area (Å²) in [5.41, 5.74) is 1.71. The SMILES string of the molecule is Cc1cccc(OC(C)(C)CC(C)(C)CC(C)(C)C)c1. The van der Waals surface area contributed by atoms with E-state index in [1.165, 1.54) is 12.0 Å². The van der Waals surface area contributed by atoms with Gasteiger partial charge in [0.1, 0.15) is 11.4 Å². The Bertz CT molecular complexity index is 435. The van der Waals surface area contributed by atoms with Gasteiger partial charge in [0.15, 0.2) is 0 Å². The van der Waals surface area contributed by atoms with E-state index in [-0.39, 0.29) is 11.0 Å². The molecule has 1 nitrogen and oxygen atoms in total. The largest absolute Gasteiger partial charge is 0.488 e. The Morgan fingerprint density at radius 2 is 1.50 bits per heavy atom. The summed E-state index contributed by atoms with van der Waals surface area (Å²) in [6.07, 6.45) is 2.24.